The molecule has 0 aromatic carbocycles. The van der Waals surface area contributed by atoms with Crippen molar-refractivity contribution < 1.29 is 73.2 Å². The Labute approximate surface area is 400 Å². The van der Waals surface area contributed by atoms with Crippen molar-refractivity contribution in [3.05, 3.63) is 0 Å². The molecule has 0 radical (unpaired) electrons. The average Bonchev–Trinajstić information content (AvgIpc) is 3.23. The number of amides is 7. The summed E-state index contributed by atoms with van der Waals surface area (Å²) in [6, 6.07) is -12.0. The molecule has 0 aromatic rings. The van der Waals surface area contributed by atoms with Crippen molar-refractivity contribution in [1.82, 2.24) is 37.2 Å². The number of guanidine groups is 1. The number of nitrogens with one attached hydrogen (secondary N) is 7. The van der Waals surface area contributed by atoms with E-state index < -0.39 is 158 Å². The fourth-order valence-electron chi connectivity index (χ4n) is 6.52. The monoisotopic (exact) mass is 987 g/mol. The number of carboxylic acid groups (broad SMARTS) is 4. The second-order valence-corrected chi connectivity index (χ2v) is 17.5. The first kappa shape index (κ1) is 62.4. The molecule has 27 nitrogen and oxygen atoms in total. The molecule has 0 unspecified atom stereocenters. The summed E-state index contributed by atoms with van der Waals surface area (Å²) in [7, 11) is 0. The van der Waals surface area contributed by atoms with Gasteiger partial charge < -0.3 is 80.6 Å². The zero-order chi connectivity index (χ0) is 53.1. The molecule has 69 heavy (non-hydrogen) atoms. The van der Waals surface area contributed by atoms with E-state index in [1.165, 1.54) is 27.7 Å². The van der Waals surface area contributed by atoms with Crippen molar-refractivity contribution >= 4 is 71.2 Å². The number of carbonyl (C=O) groups is 11. The lowest BCUT2D eigenvalue weighted by Gasteiger charge is -2.29. The number of unbranched alkanes of at least 4 members (excludes halogenated alkanes) is 1. The lowest BCUT2D eigenvalue weighted by atomic mass is 10.0. The van der Waals surface area contributed by atoms with E-state index in [-0.39, 0.29) is 50.7 Å². The van der Waals surface area contributed by atoms with Crippen LogP contribution in [-0.4, -0.2) is 153 Å². The molecule has 0 aliphatic rings. The molecule has 0 spiro atoms. The van der Waals surface area contributed by atoms with Crippen LogP contribution in [0.1, 0.15) is 112 Å². The van der Waals surface area contributed by atoms with Crippen molar-refractivity contribution in [3.63, 3.8) is 0 Å². The van der Waals surface area contributed by atoms with Gasteiger partial charge in [0.05, 0.1) is 12.5 Å². The first-order valence-corrected chi connectivity index (χ1v) is 22.6. The van der Waals surface area contributed by atoms with Crippen molar-refractivity contribution in [2.75, 3.05) is 13.1 Å². The van der Waals surface area contributed by atoms with E-state index in [1.807, 2.05) is 13.8 Å². The van der Waals surface area contributed by atoms with Gasteiger partial charge in [0.25, 0.3) is 0 Å². The number of carboxylic acids is 4. The van der Waals surface area contributed by atoms with Crippen molar-refractivity contribution in [2.45, 2.75) is 161 Å². The Morgan fingerprint density at radius 2 is 0.870 bits per heavy atom. The van der Waals surface area contributed by atoms with Gasteiger partial charge in [-0.05, 0) is 75.7 Å². The van der Waals surface area contributed by atoms with Gasteiger partial charge in [-0.25, -0.2) is 4.79 Å². The third kappa shape index (κ3) is 25.9. The van der Waals surface area contributed by atoms with E-state index in [0.717, 1.165) is 0 Å². The van der Waals surface area contributed by atoms with E-state index in [4.69, 9.17) is 22.9 Å². The standard InChI is InChI=1S/C42H74N12O15/c1-20(2)18-23(44)34(61)48-24(10-7-8-16-43)35(62)52-28(19-31(59)60)39(66)53-32(21(3)4)40(67)51-27(13-15-30(57)58)37(64)50-26(12-14-29(55)56)36(63)49-25(11-9-17-47-42(45)46)38(65)54-33(22(5)6)41(68)69/h20-28,32-33H,7-19,43-44H2,1-6H3,(H,48,61)(H,49,63)(H,50,64)(H,51,67)(H,52,62)(H,53,66)(H,54,65)(H,55,56)(H,57,58)(H,59,60)(H,68,69)(H4,45,46,47)/t23-,24-,25-,26-,27-,28-,32-,33-/m0/s1. The van der Waals surface area contributed by atoms with Crippen LogP contribution in [0.25, 0.3) is 0 Å². The van der Waals surface area contributed by atoms with Gasteiger partial charge in [-0.2, -0.15) is 0 Å². The smallest absolute Gasteiger partial charge is 0.326 e. The Morgan fingerprint density at radius 1 is 0.478 bits per heavy atom. The number of aliphatic imine (C=N–C) groups is 1. The van der Waals surface area contributed by atoms with Crippen LogP contribution in [0.3, 0.4) is 0 Å². The fraction of sp³-hybridized carbons (Fsp3) is 0.714. The second-order valence-electron chi connectivity index (χ2n) is 17.5. The number of hydrogen-bond donors (Lipinski definition) is 15. The summed E-state index contributed by atoms with van der Waals surface area (Å²) < 4.78 is 0. The number of rotatable bonds is 35. The topological polar surface area (TPSA) is 469 Å². The highest BCUT2D eigenvalue weighted by Gasteiger charge is 2.36. The lowest BCUT2D eigenvalue weighted by molar-refractivity contribution is -0.143. The van der Waals surface area contributed by atoms with Gasteiger partial charge in [-0.3, -0.25) is 52.9 Å². The van der Waals surface area contributed by atoms with Crippen LogP contribution in [0.4, 0.5) is 0 Å². The van der Waals surface area contributed by atoms with Gasteiger partial charge in [0.15, 0.2) is 5.96 Å². The molecule has 19 N–H and O–H groups in total. The summed E-state index contributed by atoms with van der Waals surface area (Å²) in [5.74, 6) is -14.5. The van der Waals surface area contributed by atoms with Crippen molar-refractivity contribution in [1.29, 1.82) is 0 Å². The maximum Gasteiger partial charge on any atom is 0.326 e. The van der Waals surface area contributed by atoms with Crippen LogP contribution < -0.4 is 60.2 Å². The minimum absolute atomic E-state index is 0.0185. The minimum Gasteiger partial charge on any atom is -0.481 e. The predicted octanol–water partition coefficient (Wildman–Crippen LogP) is -3.46. The van der Waals surface area contributed by atoms with E-state index in [9.17, 15) is 73.2 Å². The number of nitrogens with zero attached hydrogens (tertiary/aromatic N) is 1. The molecule has 0 fully saturated rings. The van der Waals surface area contributed by atoms with Crippen LogP contribution in [0.15, 0.2) is 4.99 Å². The Bertz CT molecular complexity index is 1810. The lowest BCUT2D eigenvalue weighted by Crippen LogP contribution is -2.61. The summed E-state index contributed by atoms with van der Waals surface area (Å²) in [6.45, 7) is 9.88. The molecule has 0 aromatic heterocycles. The molecule has 0 bridgehead atoms. The van der Waals surface area contributed by atoms with Gasteiger partial charge in [-0.1, -0.05) is 41.5 Å². The molecule has 27 heteroatoms. The second kappa shape index (κ2) is 32.2. The molecule has 7 amide bonds. The summed E-state index contributed by atoms with van der Waals surface area (Å²) in [5, 5.41) is 54.8. The quantitative estimate of drug-likeness (QED) is 0.0167. The molecular formula is C42H74N12O15. The molecule has 0 aliphatic carbocycles. The minimum atomic E-state index is -1.82. The zero-order valence-electron chi connectivity index (χ0n) is 40.1. The van der Waals surface area contributed by atoms with Gasteiger partial charge in [0.2, 0.25) is 41.4 Å². The zero-order valence-corrected chi connectivity index (χ0v) is 40.1. The van der Waals surface area contributed by atoms with E-state index in [2.05, 4.69) is 42.2 Å². The number of aliphatic carboxylic acids is 4. The molecule has 392 valence electrons. The average molecular weight is 987 g/mol. The normalized spacial score (nSPS) is 14.6. The van der Waals surface area contributed by atoms with Crippen LogP contribution in [-0.2, 0) is 52.7 Å². The maximum absolute atomic E-state index is 13.9. The highest BCUT2D eigenvalue weighted by atomic mass is 16.4. The third-order valence-electron chi connectivity index (χ3n) is 10.3. The largest absolute Gasteiger partial charge is 0.481 e. The Hall–Kier alpha value is -6.64. The highest BCUT2D eigenvalue weighted by Crippen LogP contribution is 2.12. The fourth-order valence-corrected chi connectivity index (χ4v) is 6.52. The molecule has 0 aliphatic heterocycles. The first-order valence-electron chi connectivity index (χ1n) is 22.6. The molecular weight excluding hydrogens is 913 g/mol. The van der Waals surface area contributed by atoms with Crippen molar-refractivity contribution in [2.24, 2.45) is 45.7 Å². The van der Waals surface area contributed by atoms with Crippen LogP contribution in [0.2, 0.25) is 0 Å². The highest BCUT2D eigenvalue weighted by molar-refractivity contribution is 5.98. The van der Waals surface area contributed by atoms with Crippen molar-refractivity contribution in [3.8, 4) is 0 Å². The van der Waals surface area contributed by atoms with Crippen LogP contribution in [0, 0.1) is 17.8 Å². The van der Waals surface area contributed by atoms with Gasteiger partial charge in [-0.15, -0.1) is 0 Å². The van der Waals surface area contributed by atoms with E-state index >= 15 is 0 Å². The molecule has 0 saturated heterocycles. The maximum atomic E-state index is 13.9. The van der Waals surface area contributed by atoms with Gasteiger partial charge in [0.1, 0.15) is 42.3 Å². The Balaban J connectivity index is 6.69. The predicted molar refractivity (Wildman–Crippen MR) is 247 cm³/mol. The summed E-state index contributed by atoms with van der Waals surface area (Å²) in [4.78, 5) is 146. The van der Waals surface area contributed by atoms with Gasteiger partial charge in [0, 0.05) is 19.4 Å². The summed E-state index contributed by atoms with van der Waals surface area (Å²) >= 11 is 0. The van der Waals surface area contributed by atoms with Gasteiger partial charge >= 0.3 is 23.9 Å². The van der Waals surface area contributed by atoms with E-state index in [0.29, 0.717) is 12.8 Å². The molecule has 0 saturated carbocycles. The Morgan fingerprint density at radius 3 is 1.28 bits per heavy atom. The third-order valence-corrected chi connectivity index (χ3v) is 10.3. The number of hydrogen-bond acceptors (Lipinski definition) is 14. The molecule has 0 rings (SSSR count). The van der Waals surface area contributed by atoms with Crippen LogP contribution in [0.5, 0.6) is 0 Å². The number of nitrogens with two attached hydrogens (primary N) is 4. The van der Waals surface area contributed by atoms with E-state index in [1.54, 1.807) is 0 Å². The SMILES string of the molecule is CC(C)C[C@H](N)C(=O)N[C@@H](CCCCN)C(=O)N[C@@H](CC(=O)O)C(=O)N[C@H](C(=O)N[C@@H](CCC(=O)O)C(=O)N[C@@H](CCC(=O)O)C(=O)N[C@@H](CCCN=C(N)N)C(=O)N[C@H](C(=O)O)C(C)C)C(C)C. The molecule has 8 atom stereocenters. The first-order chi connectivity index (χ1) is 32.1. The summed E-state index contributed by atoms with van der Waals surface area (Å²) in [5.41, 5.74) is 22.3. The number of carbonyl (C=O) groups excluding carboxylic acids is 7. The summed E-state index contributed by atoms with van der Waals surface area (Å²) in [6.07, 6.45) is -2.61. The molecule has 0 heterocycles. The Kier molecular flexibility index (Phi) is 29.1. The van der Waals surface area contributed by atoms with Crippen LogP contribution >= 0.6 is 0 Å².